The number of hydrogen-bond donors (Lipinski definition) is 1. The second-order valence-corrected chi connectivity index (χ2v) is 11.1. The Labute approximate surface area is 190 Å². The zero-order valence-corrected chi connectivity index (χ0v) is 19.6. The van der Waals surface area contributed by atoms with E-state index in [2.05, 4.69) is 5.32 Å². The van der Waals surface area contributed by atoms with Crippen LogP contribution in [0, 0.1) is 25.6 Å². The number of carbonyl (C=O) groups is 1. The van der Waals surface area contributed by atoms with Gasteiger partial charge >= 0.3 is 0 Å². The largest absolute Gasteiger partial charge is 0.346 e. The molecule has 0 atom stereocenters. The molecule has 32 heavy (non-hydrogen) atoms. The summed E-state index contributed by atoms with van der Waals surface area (Å²) < 4.78 is 41.0. The number of rotatable bonds is 5. The lowest BCUT2D eigenvalue weighted by Gasteiger charge is -2.35. The van der Waals surface area contributed by atoms with Crippen LogP contribution in [0.1, 0.15) is 55.2 Å². The Hall–Kier alpha value is -2.25. The Balaban J connectivity index is 1.43. The first kappa shape index (κ1) is 22.9. The van der Waals surface area contributed by atoms with Crippen LogP contribution in [-0.2, 0) is 20.4 Å². The number of hydrogen-bond acceptors (Lipinski definition) is 3. The van der Waals surface area contributed by atoms with E-state index in [4.69, 9.17) is 0 Å². The summed E-state index contributed by atoms with van der Waals surface area (Å²) >= 11 is 0. The average Bonchev–Trinajstić information content (AvgIpc) is 3.25. The molecule has 1 saturated heterocycles. The van der Waals surface area contributed by atoms with E-state index in [1.54, 1.807) is 24.3 Å². The summed E-state index contributed by atoms with van der Waals surface area (Å²) in [6.45, 7) is 4.53. The minimum Gasteiger partial charge on any atom is -0.346 e. The van der Waals surface area contributed by atoms with Crippen LogP contribution in [0.25, 0.3) is 0 Å². The maximum Gasteiger partial charge on any atom is 0.243 e. The average molecular weight is 459 g/mol. The second-order valence-electron chi connectivity index (χ2n) is 9.21. The van der Waals surface area contributed by atoms with E-state index >= 15 is 0 Å². The van der Waals surface area contributed by atoms with Crippen molar-refractivity contribution in [1.29, 1.82) is 0 Å². The number of halogens is 1. The number of sulfonamides is 1. The summed E-state index contributed by atoms with van der Waals surface area (Å²) in [4.78, 5) is 13.5. The first-order valence-corrected chi connectivity index (χ1v) is 12.8. The number of amides is 1. The predicted octanol–water partition coefficient (Wildman–Crippen LogP) is 4.43. The summed E-state index contributed by atoms with van der Waals surface area (Å²) in [5, 5.41) is 3.27. The molecule has 1 saturated carbocycles. The number of aryl methyl sites for hydroxylation is 2. The fraction of sp³-hybridized carbons (Fsp3) is 0.480. The third-order valence-electron chi connectivity index (χ3n) is 7.16. The molecule has 1 aliphatic carbocycles. The molecule has 7 heteroatoms. The minimum atomic E-state index is -3.57. The van der Waals surface area contributed by atoms with Crippen LogP contribution >= 0.6 is 0 Å². The monoisotopic (exact) mass is 458 g/mol. The van der Waals surface area contributed by atoms with Gasteiger partial charge in [-0.05, 0) is 80.5 Å². The lowest BCUT2D eigenvalue weighted by Crippen LogP contribution is -2.49. The van der Waals surface area contributed by atoms with Crippen molar-refractivity contribution in [1.82, 2.24) is 9.62 Å². The Morgan fingerprint density at radius 3 is 2.22 bits per heavy atom. The standard InChI is InChI=1S/C25H31FN2O3S/c1-18-5-10-23(17-19(18)2)32(30,31)28-15-11-20(12-16-28)24(29)27-25(13-3-4-14-25)21-6-8-22(26)9-7-21/h5-10,17,20H,3-4,11-16H2,1-2H3,(H,27,29). The molecule has 2 aromatic carbocycles. The van der Waals surface area contributed by atoms with Gasteiger partial charge in [-0.2, -0.15) is 4.31 Å². The first-order valence-electron chi connectivity index (χ1n) is 11.4. The van der Waals surface area contributed by atoms with Gasteiger partial charge in [-0.25, -0.2) is 12.8 Å². The van der Waals surface area contributed by atoms with Crippen molar-refractivity contribution in [2.24, 2.45) is 5.92 Å². The molecule has 172 valence electrons. The fourth-order valence-corrected chi connectivity index (χ4v) is 6.51. The van der Waals surface area contributed by atoms with Gasteiger partial charge in [0, 0.05) is 19.0 Å². The molecular weight excluding hydrogens is 427 g/mol. The van der Waals surface area contributed by atoms with Crippen molar-refractivity contribution in [3.05, 3.63) is 65.0 Å². The highest BCUT2D eigenvalue weighted by atomic mass is 32.2. The van der Waals surface area contributed by atoms with Crippen LogP contribution in [0.3, 0.4) is 0 Å². The first-order chi connectivity index (χ1) is 15.2. The summed E-state index contributed by atoms with van der Waals surface area (Å²) in [5.74, 6) is -0.538. The van der Waals surface area contributed by atoms with Crippen LogP contribution < -0.4 is 5.32 Å². The maximum atomic E-state index is 13.4. The van der Waals surface area contributed by atoms with Crippen molar-refractivity contribution in [2.45, 2.75) is 62.8 Å². The van der Waals surface area contributed by atoms with Crippen LogP contribution in [0.2, 0.25) is 0 Å². The molecule has 2 aromatic rings. The summed E-state index contributed by atoms with van der Waals surface area (Å²) in [7, 11) is -3.57. The molecule has 5 nitrogen and oxygen atoms in total. The number of benzene rings is 2. The molecule has 0 bridgehead atoms. The predicted molar refractivity (Wildman–Crippen MR) is 122 cm³/mol. The van der Waals surface area contributed by atoms with Gasteiger partial charge in [0.1, 0.15) is 5.82 Å². The molecular formula is C25H31FN2O3S. The second kappa shape index (κ2) is 8.94. The van der Waals surface area contributed by atoms with Crippen LogP contribution in [0.4, 0.5) is 4.39 Å². The van der Waals surface area contributed by atoms with E-state index in [0.29, 0.717) is 30.8 Å². The Morgan fingerprint density at radius 2 is 1.62 bits per heavy atom. The van der Waals surface area contributed by atoms with E-state index in [1.807, 2.05) is 19.9 Å². The van der Waals surface area contributed by atoms with Gasteiger partial charge < -0.3 is 5.32 Å². The molecule has 1 amide bonds. The molecule has 2 aliphatic rings. The van der Waals surface area contributed by atoms with Gasteiger partial charge in [0.05, 0.1) is 10.4 Å². The summed E-state index contributed by atoms with van der Waals surface area (Å²) in [6.07, 6.45) is 4.70. The van der Waals surface area contributed by atoms with E-state index in [1.165, 1.54) is 16.4 Å². The lowest BCUT2D eigenvalue weighted by atomic mass is 9.86. The third kappa shape index (κ3) is 4.46. The number of nitrogens with zero attached hydrogens (tertiary/aromatic N) is 1. The zero-order chi connectivity index (χ0) is 22.9. The molecule has 0 unspecified atom stereocenters. The molecule has 0 spiro atoms. The molecule has 1 aliphatic heterocycles. The maximum absolute atomic E-state index is 13.4. The van der Waals surface area contributed by atoms with Crippen molar-refractivity contribution in [2.75, 3.05) is 13.1 Å². The Morgan fingerprint density at radius 1 is 1.00 bits per heavy atom. The minimum absolute atomic E-state index is 0.0283. The summed E-state index contributed by atoms with van der Waals surface area (Å²) in [5.41, 5.74) is 2.50. The normalized spacial score (nSPS) is 19.7. The van der Waals surface area contributed by atoms with Gasteiger partial charge in [0.2, 0.25) is 15.9 Å². The van der Waals surface area contributed by atoms with E-state index in [9.17, 15) is 17.6 Å². The lowest BCUT2D eigenvalue weighted by molar-refractivity contribution is -0.128. The zero-order valence-electron chi connectivity index (χ0n) is 18.7. The highest BCUT2D eigenvalue weighted by Gasteiger charge is 2.40. The van der Waals surface area contributed by atoms with Gasteiger partial charge in [-0.15, -0.1) is 0 Å². The fourth-order valence-electron chi connectivity index (χ4n) is 4.95. The van der Waals surface area contributed by atoms with E-state index in [0.717, 1.165) is 42.4 Å². The molecule has 4 rings (SSSR count). The molecule has 1 N–H and O–H groups in total. The van der Waals surface area contributed by atoms with Crippen molar-refractivity contribution in [3.8, 4) is 0 Å². The van der Waals surface area contributed by atoms with Gasteiger partial charge in [0.25, 0.3) is 0 Å². The highest BCUT2D eigenvalue weighted by molar-refractivity contribution is 7.89. The molecule has 0 aromatic heterocycles. The number of carbonyl (C=O) groups excluding carboxylic acids is 1. The number of nitrogens with one attached hydrogen (secondary N) is 1. The van der Waals surface area contributed by atoms with E-state index in [-0.39, 0.29) is 17.6 Å². The smallest absolute Gasteiger partial charge is 0.243 e. The van der Waals surface area contributed by atoms with Crippen molar-refractivity contribution < 1.29 is 17.6 Å². The SMILES string of the molecule is Cc1ccc(S(=O)(=O)N2CCC(C(=O)NC3(c4ccc(F)cc4)CCCC3)CC2)cc1C. The highest BCUT2D eigenvalue weighted by Crippen LogP contribution is 2.39. The molecule has 1 heterocycles. The summed E-state index contributed by atoms with van der Waals surface area (Å²) in [6, 6.07) is 11.6. The van der Waals surface area contributed by atoms with Crippen molar-refractivity contribution in [3.63, 3.8) is 0 Å². The Bertz CT molecular complexity index is 1080. The Kier molecular flexibility index (Phi) is 6.41. The van der Waals surface area contributed by atoms with Gasteiger partial charge in [0.15, 0.2) is 0 Å². The van der Waals surface area contributed by atoms with Gasteiger partial charge in [-0.1, -0.05) is 31.0 Å². The van der Waals surface area contributed by atoms with Crippen LogP contribution in [-0.4, -0.2) is 31.7 Å². The third-order valence-corrected chi connectivity index (χ3v) is 9.05. The van der Waals surface area contributed by atoms with Crippen LogP contribution in [0.5, 0.6) is 0 Å². The number of piperidine rings is 1. The van der Waals surface area contributed by atoms with Crippen LogP contribution in [0.15, 0.2) is 47.4 Å². The van der Waals surface area contributed by atoms with E-state index < -0.39 is 15.6 Å². The van der Waals surface area contributed by atoms with Gasteiger partial charge in [-0.3, -0.25) is 4.79 Å². The topological polar surface area (TPSA) is 66.5 Å². The van der Waals surface area contributed by atoms with Crippen molar-refractivity contribution >= 4 is 15.9 Å². The molecule has 0 radical (unpaired) electrons. The quantitative estimate of drug-likeness (QED) is 0.721. The molecule has 2 fully saturated rings.